The average Bonchev–Trinajstić information content (AvgIpc) is 2.70. The topological polar surface area (TPSA) is 63.6 Å². The minimum Gasteiger partial charge on any atom is -0.512 e. The fraction of sp³-hybridized carbons (Fsp3) is 0.636. The Balaban J connectivity index is 2.53. The van der Waals surface area contributed by atoms with Crippen LogP contribution in [-0.2, 0) is 14.3 Å². The Morgan fingerprint density at radius 2 is 2.00 bits per heavy atom. The van der Waals surface area contributed by atoms with Gasteiger partial charge in [0.2, 0.25) is 0 Å². The highest BCUT2D eigenvalue weighted by molar-refractivity contribution is 6.38. The van der Waals surface area contributed by atoms with Gasteiger partial charge in [-0.2, -0.15) is 0 Å². The van der Waals surface area contributed by atoms with Crippen LogP contribution in [0.25, 0.3) is 0 Å². The van der Waals surface area contributed by atoms with Crippen LogP contribution in [0, 0.1) is 5.92 Å². The summed E-state index contributed by atoms with van der Waals surface area (Å²) in [5, 5.41) is 9.57. The Morgan fingerprint density at radius 1 is 1.40 bits per heavy atom. The van der Waals surface area contributed by atoms with E-state index in [-0.39, 0.29) is 18.3 Å². The second-order valence-electron chi connectivity index (χ2n) is 3.64. The Hall–Kier alpha value is -1.32. The number of allylic oxidation sites excluding steroid dienone is 1. The van der Waals surface area contributed by atoms with Crippen LogP contribution in [0.2, 0.25) is 0 Å². The first-order valence-electron chi connectivity index (χ1n) is 5.26. The highest BCUT2D eigenvalue weighted by Gasteiger charge is 2.21. The molecule has 0 aromatic carbocycles. The SMILES string of the molecule is CCOC(=O)C(=O)/C=C(\O)C1CCCC1. The number of esters is 1. The van der Waals surface area contributed by atoms with Gasteiger partial charge in [0.15, 0.2) is 0 Å². The van der Waals surface area contributed by atoms with Crippen LogP contribution in [-0.4, -0.2) is 23.5 Å². The van der Waals surface area contributed by atoms with Crippen LogP contribution in [0.4, 0.5) is 0 Å². The normalized spacial score (nSPS) is 17.8. The fourth-order valence-electron chi connectivity index (χ4n) is 1.73. The predicted octanol–water partition coefficient (Wildman–Crippen LogP) is 1.75. The molecule has 0 aromatic heterocycles. The Labute approximate surface area is 88.9 Å². The number of ketones is 1. The quantitative estimate of drug-likeness (QED) is 0.334. The molecule has 0 amide bonds. The largest absolute Gasteiger partial charge is 0.512 e. The van der Waals surface area contributed by atoms with Crippen molar-refractivity contribution in [1.82, 2.24) is 0 Å². The van der Waals surface area contributed by atoms with Gasteiger partial charge in [0.05, 0.1) is 12.4 Å². The van der Waals surface area contributed by atoms with Crippen LogP contribution in [0.3, 0.4) is 0 Å². The van der Waals surface area contributed by atoms with Crippen LogP contribution in [0.5, 0.6) is 0 Å². The maximum absolute atomic E-state index is 11.2. The van der Waals surface area contributed by atoms with E-state index in [1.54, 1.807) is 6.92 Å². The number of aliphatic hydroxyl groups excluding tert-OH is 1. The van der Waals surface area contributed by atoms with Gasteiger partial charge in [0.25, 0.3) is 5.78 Å². The molecule has 1 aliphatic carbocycles. The molecular formula is C11H16O4. The number of rotatable bonds is 4. The summed E-state index contributed by atoms with van der Waals surface area (Å²) in [6.07, 6.45) is 4.90. The van der Waals surface area contributed by atoms with E-state index < -0.39 is 11.8 Å². The van der Waals surface area contributed by atoms with Gasteiger partial charge in [-0.15, -0.1) is 0 Å². The summed E-state index contributed by atoms with van der Waals surface area (Å²) in [6, 6.07) is 0. The lowest BCUT2D eigenvalue weighted by Gasteiger charge is -2.06. The number of hydrogen-bond acceptors (Lipinski definition) is 4. The monoisotopic (exact) mass is 212 g/mol. The number of aliphatic hydroxyl groups is 1. The summed E-state index contributed by atoms with van der Waals surface area (Å²) in [7, 11) is 0. The average molecular weight is 212 g/mol. The molecule has 0 aromatic rings. The Kier molecular flexibility index (Phi) is 4.34. The molecule has 0 atom stereocenters. The molecule has 84 valence electrons. The van der Waals surface area contributed by atoms with Crippen LogP contribution in [0.1, 0.15) is 32.6 Å². The third kappa shape index (κ3) is 3.38. The lowest BCUT2D eigenvalue weighted by molar-refractivity contribution is -0.151. The van der Waals surface area contributed by atoms with E-state index in [1.165, 1.54) is 0 Å². The number of carbonyl (C=O) groups is 2. The number of carbonyl (C=O) groups excluding carboxylic acids is 2. The third-order valence-electron chi connectivity index (χ3n) is 2.53. The van der Waals surface area contributed by atoms with Crippen molar-refractivity contribution in [2.24, 2.45) is 5.92 Å². The Bertz CT molecular complexity index is 274. The van der Waals surface area contributed by atoms with Gasteiger partial charge >= 0.3 is 5.97 Å². The summed E-state index contributed by atoms with van der Waals surface area (Å²) in [5.74, 6) is -1.61. The number of ether oxygens (including phenoxy) is 1. The van der Waals surface area contributed by atoms with Crippen molar-refractivity contribution in [2.45, 2.75) is 32.6 Å². The van der Waals surface area contributed by atoms with Crippen molar-refractivity contribution in [3.8, 4) is 0 Å². The minimum absolute atomic E-state index is 0.0190. The first kappa shape index (κ1) is 11.8. The summed E-state index contributed by atoms with van der Waals surface area (Å²) < 4.78 is 4.52. The maximum atomic E-state index is 11.2. The van der Waals surface area contributed by atoms with E-state index >= 15 is 0 Å². The molecule has 1 aliphatic rings. The second-order valence-corrected chi connectivity index (χ2v) is 3.64. The molecule has 1 saturated carbocycles. The molecular weight excluding hydrogens is 196 g/mol. The zero-order valence-corrected chi connectivity index (χ0v) is 8.86. The summed E-state index contributed by atoms with van der Waals surface area (Å²) in [4.78, 5) is 22.2. The van der Waals surface area contributed by atoms with Gasteiger partial charge in [-0.3, -0.25) is 4.79 Å². The standard InChI is InChI=1S/C11H16O4/c1-2-15-11(14)10(13)7-9(12)8-5-3-4-6-8/h7-8,12H,2-6H2,1H3/b9-7-. The van der Waals surface area contributed by atoms with Gasteiger partial charge in [-0.25, -0.2) is 4.79 Å². The minimum atomic E-state index is -0.901. The summed E-state index contributed by atoms with van der Waals surface area (Å²) >= 11 is 0. The van der Waals surface area contributed by atoms with Gasteiger partial charge in [0.1, 0.15) is 0 Å². The van der Waals surface area contributed by atoms with Gasteiger partial charge in [0, 0.05) is 12.0 Å². The molecule has 1 N–H and O–H groups in total. The first-order valence-corrected chi connectivity index (χ1v) is 5.26. The highest BCUT2D eigenvalue weighted by atomic mass is 16.5. The summed E-state index contributed by atoms with van der Waals surface area (Å²) in [6.45, 7) is 1.80. The maximum Gasteiger partial charge on any atom is 0.379 e. The molecule has 1 rings (SSSR count). The van der Waals surface area contributed by atoms with Crippen molar-refractivity contribution in [2.75, 3.05) is 6.61 Å². The molecule has 0 aliphatic heterocycles. The van der Waals surface area contributed by atoms with Gasteiger partial charge < -0.3 is 9.84 Å². The third-order valence-corrected chi connectivity index (χ3v) is 2.53. The molecule has 0 saturated heterocycles. The highest BCUT2D eigenvalue weighted by Crippen LogP contribution is 2.29. The fourth-order valence-corrected chi connectivity index (χ4v) is 1.73. The van der Waals surface area contributed by atoms with Gasteiger partial charge in [-0.1, -0.05) is 12.8 Å². The van der Waals surface area contributed by atoms with Crippen molar-refractivity contribution < 1.29 is 19.4 Å². The van der Waals surface area contributed by atoms with Crippen LogP contribution in [0.15, 0.2) is 11.8 Å². The molecule has 0 heterocycles. The zero-order chi connectivity index (χ0) is 11.3. The smallest absolute Gasteiger partial charge is 0.379 e. The molecule has 0 spiro atoms. The second kappa shape index (κ2) is 5.53. The zero-order valence-electron chi connectivity index (χ0n) is 8.86. The van der Waals surface area contributed by atoms with Crippen LogP contribution >= 0.6 is 0 Å². The van der Waals surface area contributed by atoms with Gasteiger partial charge in [-0.05, 0) is 19.8 Å². The van der Waals surface area contributed by atoms with E-state index in [9.17, 15) is 14.7 Å². The predicted molar refractivity (Wildman–Crippen MR) is 54.3 cm³/mol. The van der Waals surface area contributed by atoms with Crippen molar-refractivity contribution in [1.29, 1.82) is 0 Å². The van der Waals surface area contributed by atoms with E-state index in [2.05, 4.69) is 4.74 Å². The molecule has 0 bridgehead atoms. The lowest BCUT2D eigenvalue weighted by Crippen LogP contribution is -2.16. The Morgan fingerprint density at radius 3 is 2.53 bits per heavy atom. The molecule has 4 nitrogen and oxygen atoms in total. The van der Waals surface area contributed by atoms with E-state index in [4.69, 9.17) is 0 Å². The van der Waals surface area contributed by atoms with Crippen molar-refractivity contribution in [3.05, 3.63) is 11.8 Å². The first-order chi connectivity index (χ1) is 7.15. The molecule has 1 fully saturated rings. The van der Waals surface area contributed by atoms with E-state index in [0.717, 1.165) is 31.8 Å². The molecule has 0 unspecified atom stereocenters. The van der Waals surface area contributed by atoms with Crippen molar-refractivity contribution in [3.63, 3.8) is 0 Å². The van der Waals surface area contributed by atoms with Crippen LogP contribution < -0.4 is 0 Å². The molecule has 0 radical (unpaired) electrons. The lowest BCUT2D eigenvalue weighted by atomic mass is 10.1. The number of hydrogen-bond donors (Lipinski definition) is 1. The van der Waals surface area contributed by atoms with Crippen molar-refractivity contribution >= 4 is 11.8 Å². The van der Waals surface area contributed by atoms with E-state index in [1.807, 2.05) is 0 Å². The molecule has 15 heavy (non-hydrogen) atoms. The molecule has 4 heteroatoms. The van der Waals surface area contributed by atoms with E-state index in [0.29, 0.717) is 0 Å². The summed E-state index contributed by atoms with van der Waals surface area (Å²) in [5.41, 5.74) is 0.